The summed E-state index contributed by atoms with van der Waals surface area (Å²) < 4.78 is 1.96. The Morgan fingerprint density at radius 1 is 1.00 bits per heavy atom. The number of hydrogen-bond donors (Lipinski definition) is 3. The number of carbonyl (C=O) groups is 2. The van der Waals surface area contributed by atoms with E-state index in [-0.39, 0.29) is 17.7 Å². The van der Waals surface area contributed by atoms with E-state index in [1.54, 1.807) is 24.3 Å². The summed E-state index contributed by atoms with van der Waals surface area (Å²) in [4.78, 5) is 23.4. The minimum atomic E-state index is -0.927. The average Bonchev–Trinajstić information content (AvgIpc) is 3.37. The Balaban J connectivity index is 1.32. The van der Waals surface area contributed by atoms with Crippen molar-refractivity contribution in [2.24, 2.45) is 0 Å². The highest BCUT2D eigenvalue weighted by atomic mass is 16.4. The molecule has 4 rings (SSSR count). The maximum atomic E-state index is 12.5. The number of aryl methyl sites for hydroxylation is 2. The third-order valence-corrected chi connectivity index (χ3v) is 5.69. The molecule has 4 aromatic rings. The molecule has 0 saturated carbocycles. The number of amides is 1. The SMILES string of the molecule is CC(C)(C)c1cc2nnc(CCCc3ccc(NC(=O)c4cccc(CC(=O)O)c4)cc3)n2[nH]1. The summed E-state index contributed by atoms with van der Waals surface area (Å²) >= 11 is 0. The van der Waals surface area contributed by atoms with E-state index >= 15 is 0 Å². The molecule has 34 heavy (non-hydrogen) atoms. The minimum Gasteiger partial charge on any atom is -0.481 e. The number of carboxylic acids is 1. The molecule has 0 radical (unpaired) electrons. The van der Waals surface area contributed by atoms with E-state index in [0.29, 0.717) is 16.8 Å². The zero-order valence-corrected chi connectivity index (χ0v) is 19.6. The number of fused-ring (bicyclic) bond motifs is 1. The lowest BCUT2D eigenvalue weighted by molar-refractivity contribution is -0.136. The van der Waals surface area contributed by atoms with Crippen molar-refractivity contribution in [1.29, 1.82) is 0 Å². The maximum absolute atomic E-state index is 12.5. The Labute approximate surface area is 198 Å². The van der Waals surface area contributed by atoms with Gasteiger partial charge < -0.3 is 10.4 Å². The molecule has 0 unspecified atom stereocenters. The molecule has 3 N–H and O–H groups in total. The standard InChI is InChI=1S/C26H29N5O3/c1-26(2,3)21-16-23-29-28-22(31(23)30-21)9-5-6-17-10-12-20(13-11-17)27-25(34)19-8-4-7-18(14-19)15-24(32)33/h4,7-8,10-14,16,30H,5-6,9,15H2,1-3H3,(H,27,34)(H,32,33). The second-order valence-corrected chi connectivity index (χ2v) is 9.51. The summed E-state index contributed by atoms with van der Waals surface area (Å²) in [5, 5.41) is 23.8. The lowest BCUT2D eigenvalue weighted by atomic mass is 9.93. The van der Waals surface area contributed by atoms with Crippen molar-refractivity contribution in [3.8, 4) is 0 Å². The van der Waals surface area contributed by atoms with Gasteiger partial charge in [0.15, 0.2) is 11.5 Å². The fourth-order valence-electron chi connectivity index (χ4n) is 3.78. The molecule has 8 heteroatoms. The van der Waals surface area contributed by atoms with E-state index in [0.717, 1.165) is 36.4 Å². The molecule has 0 bridgehead atoms. The quantitative estimate of drug-likeness (QED) is 0.361. The number of benzene rings is 2. The second-order valence-electron chi connectivity index (χ2n) is 9.51. The number of hydrogen-bond acceptors (Lipinski definition) is 4. The van der Waals surface area contributed by atoms with Crippen molar-refractivity contribution >= 4 is 23.2 Å². The highest BCUT2D eigenvalue weighted by molar-refractivity contribution is 6.04. The summed E-state index contributed by atoms with van der Waals surface area (Å²) in [6.45, 7) is 6.48. The van der Waals surface area contributed by atoms with Gasteiger partial charge in [-0.15, -0.1) is 10.2 Å². The third-order valence-electron chi connectivity index (χ3n) is 5.69. The van der Waals surface area contributed by atoms with Crippen LogP contribution in [0, 0.1) is 0 Å². The van der Waals surface area contributed by atoms with Crippen molar-refractivity contribution in [2.75, 3.05) is 5.32 Å². The van der Waals surface area contributed by atoms with Crippen molar-refractivity contribution < 1.29 is 14.7 Å². The van der Waals surface area contributed by atoms with Crippen LogP contribution in [0.5, 0.6) is 0 Å². The number of rotatable bonds is 8. The van der Waals surface area contributed by atoms with Gasteiger partial charge in [-0.3, -0.25) is 14.7 Å². The predicted molar refractivity (Wildman–Crippen MR) is 130 cm³/mol. The lowest BCUT2D eigenvalue weighted by Crippen LogP contribution is -2.12. The number of carbonyl (C=O) groups excluding carboxylic acids is 1. The highest BCUT2D eigenvalue weighted by Crippen LogP contribution is 2.22. The van der Waals surface area contributed by atoms with E-state index in [1.807, 2.05) is 34.8 Å². The number of nitrogens with one attached hydrogen (secondary N) is 2. The molecule has 2 aromatic carbocycles. The van der Waals surface area contributed by atoms with Gasteiger partial charge in [0.2, 0.25) is 0 Å². The second kappa shape index (κ2) is 9.51. The zero-order chi connectivity index (χ0) is 24.3. The Bertz CT molecular complexity index is 1310. The van der Waals surface area contributed by atoms with Gasteiger partial charge in [-0.25, -0.2) is 4.52 Å². The van der Waals surface area contributed by atoms with Crippen LogP contribution < -0.4 is 5.32 Å². The number of nitrogens with zero attached hydrogens (tertiary/aromatic N) is 3. The molecule has 0 aliphatic heterocycles. The molecular formula is C26H29N5O3. The summed E-state index contributed by atoms with van der Waals surface area (Å²) in [6, 6.07) is 16.5. The van der Waals surface area contributed by atoms with Gasteiger partial charge in [-0.1, -0.05) is 45.0 Å². The van der Waals surface area contributed by atoms with Crippen LogP contribution in [-0.2, 0) is 29.5 Å². The fourth-order valence-corrected chi connectivity index (χ4v) is 3.78. The van der Waals surface area contributed by atoms with Crippen molar-refractivity contribution in [1.82, 2.24) is 19.8 Å². The van der Waals surface area contributed by atoms with E-state index in [9.17, 15) is 9.59 Å². The molecule has 2 heterocycles. The van der Waals surface area contributed by atoms with Crippen LogP contribution in [0.1, 0.15) is 60.2 Å². The van der Waals surface area contributed by atoms with Crippen LogP contribution in [0.25, 0.3) is 5.65 Å². The smallest absolute Gasteiger partial charge is 0.307 e. The molecule has 0 aliphatic rings. The highest BCUT2D eigenvalue weighted by Gasteiger charge is 2.18. The maximum Gasteiger partial charge on any atom is 0.307 e. The van der Waals surface area contributed by atoms with Crippen LogP contribution in [0.4, 0.5) is 5.69 Å². The monoisotopic (exact) mass is 459 g/mol. The summed E-state index contributed by atoms with van der Waals surface area (Å²) in [6.07, 6.45) is 2.49. The first-order valence-electron chi connectivity index (χ1n) is 11.3. The van der Waals surface area contributed by atoms with Gasteiger partial charge in [0.1, 0.15) is 0 Å². The Morgan fingerprint density at radius 3 is 2.47 bits per heavy atom. The first-order chi connectivity index (χ1) is 16.2. The number of H-pyrrole nitrogens is 1. The van der Waals surface area contributed by atoms with E-state index in [1.165, 1.54) is 5.56 Å². The van der Waals surface area contributed by atoms with E-state index in [4.69, 9.17) is 5.11 Å². The van der Waals surface area contributed by atoms with Gasteiger partial charge >= 0.3 is 5.97 Å². The summed E-state index contributed by atoms with van der Waals surface area (Å²) in [7, 11) is 0. The van der Waals surface area contributed by atoms with E-state index in [2.05, 4.69) is 41.4 Å². The number of anilines is 1. The molecule has 0 atom stereocenters. The topological polar surface area (TPSA) is 112 Å². The number of aromatic nitrogens is 4. The van der Waals surface area contributed by atoms with Crippen LogP contribution in [0.15, 0.2) is 54.6 Å². The van der Waals surface area contributed by atoms with Crippen LogP contribution in [0.3, 0.4) is 0 Å². The molecule has 2 aromatic heterocycles. The lowest BCUT2D eigenvalue weighted by Gasteiger charge is -2.15. The van der Waals surface area contributed by atoms with Crippen LogP contribution >= 0.6 is 0 Å². The average molecular weight is 460 g/mol. The fraction of sp³-hybridized carbons (Fsp3) is 0.308. The van der Waals surface area contributed by atoms with Gasteiger partial charge in [-0.05, 0) is 48.2 Å². The Kier molecular flexibility index (Phi) is 6.49. The van der Waals surface area contributed by atoms with Crippen molar-refractivity contribution in [3.63, 3.8) is 0 Å². The molecule has 1 amide bonds. The van der Waals surface area contributed by atoms with Crippen LogP contribution in [-0.4, -0.2) is 36.8 Å². The number of carboxylic acid groups (broad SMARTS) is 1. The Hall–Kier alpha value is -3.94. The largest absolute Gasteiger partial charge is 0.481 e. The van der Waals surface area contributed by atoms with Gasteiger partial charge in [-0.2, -0.15) is 0 Å². The predicted octanol–water partition coefficient (Wildman–Crippen LogP) is 4.41. The van der Waals surface area contributed by atoms with Crippen LogP contribution in [0.2, 0.25) is 0 Å². The molecule has 0 fully saturated rings. The molecule has 0 spiro atoms. The minimum absolute atomic E-state index is 0.0242. The Morgan fingerprint density at radius 2 is 1.76 bits per heavy atom. The molecule has 8 nitrogen and oxygen atoms in total. The molecule has 176 valence electrons. The first kappa shape index (κ1) is 23.2. The third kappa shape index (κ3) is 5.51. The van der Waals surface area contributed by atoms with E-state index < -0.39 is 5.97 Å². The molecule has 0 saturated heterocycles. The zero-order valence-electron chi connectivity index (χ0n) is 19.6. The molecule has 0 aliphatic carbocycles. The molecular weight excluding hydrogens is 430 g/mol. The van der Waals surface area contributed by atoms with Crippen molar-refractivity contribution in [2.45, 2.75) is 51.9 Å². The number of aliphatic carboxylic acids is 1. The first-order valence-corrected chi connectivity index (χ1v) is 11.3. The normalized spacial score (nSPS) is 11.6. The summed E-state index contributed by atoms with van der Waals surface area (Å²) in [5.41, 5.74) is 4.88. The van der Waals surface area contributed by atoms with Gasteiger partial charge in [0.05, 0.1) is 6.42 Å². The number of aromatic amines is 1. The van der Waals surface area contributed by atoms with Gasteiger partial charge in [0, 0.05) is 34.8 Å². The van der Waals surface area contributed by atoms with Crippen molar-refractivity contribution in [3.05, 3.63) is 82.8 Å². The van der Waals surface area contributed by atoms with Gasteiger partial charge in [0.25, 0.3) is 5.91 Å². The summed E-state index contributed by atoms with van der Waals surface area (Å²) in [5.74, 6) is -0.278.